The zero-order valence-corrected chi connectivity index (χ0v) is 9.82. The quantitative estimate of drug-likeness (QED) is 0.563. The van der Waals surface area contributed by atoms with Gasteiger partial charge in [-0.05, 0) is 26.0 Å². The molecule has 16 heavy (non-hydrogen) atoms. The number of ketones is 1. The Kier molecular flexibility index (Phi) is 5.50. The number of nitrogens with one attached hydrogen (secondary N) is 1. The van der Waals surface area contributed by atoms with E-state index in [1.807, 2.05) is 6.92 Å². The lowest BCUT2D eigenvalue weighted by Gasteiger charge is -2.05. The third kappa shape index (κ3) is 3.98. The van der Waals surface area contributed by atoms with Crippen LogP contribution in [0.15, 0.2) is 18.5 Å². The summed E-state index contributed by atoms with van der Waals surface area (Å²) in [4.78, 5) is 15.7. The fourth-order valence-corrected chi connectivity index (χ4v) is 1.30. The topological polar surface area (TPSA) is 51.2 Å². The average molecular weight is 222 g/mol. The summed E-state index contributed by atoms with van der Waals surface area (Å²) < 4.78 is 5.29. The Hall–Kier alpha value is -1.42. The van der Waals surface area contributed by atoms with Crippen LogP contribution in [0.4, 0.5) is 0 Å². The second kappa shape index (κ2) is 6.95. The summed E-state index contributed by atoms with van der Waals surface area (Å²) in [5, 5.41) is 3.07. The number of carbonyl (C=O) groups excluding carboxylic acids is 1. The number of pyridine rings is 1. The summed E-state index contributed by atoms with van der Waals surface area (Å²) in [7, 11) is 0. The van der Waals surface area contributed by atoms with Crippen LogP contribution in [0.25, 0.3) is 0 Å². The zero-order chi connectivity index (χ0) is 11.8. The molecule has 1 rings (SSSR count). The van der Waals surface area contributed by atoms with Crippen LogP contribution in [-0.4, -0.2) is 30.5 Å². The average Bonchev–Trinajstić information content (AvgIpc) is 2.30. The predicted octanol–water partition coefficient (Wildman–Crippen LogP) is 1.66. The van der Waals surface area contributed by atoms with Gasteiger partial charge in [-0.15, -0.1) is 0 Å². The van der Waals surface area contributed by atoms with Crippen LogP contribution < -0.4 is 10.1 Å². The van der Waals surface area contributed by atoms with E-state index in [9.17, 15) is 4.79 Å². The lowest BCUT2D eigenvalue weighted by molar-refractivity contribution is 0.0990. The second-order valence-electron chi connectivity index (χ2n) is 3.44. The van der Waals surface area contributed by atoms with E-state index in [0.717, 1.165) is 13.0 Å². The van der Waals surface area contributed by atoms with Gasteiger partial charge in [0.1, 0.15) is 5.75 Å². The summed E-state index contributed by atoms with van der Waals surface area (Å²) in [6, 6.07) is 1.73. The normalized spacial score (nSPS) is 10.1. The molecule has 1 heterocycles. The highest BCUT2D eigenvalue weighted by Gasteiger charge is 2.06. The van der Waals surface area contributed by atoms with Crippen molar-refractivity contribution in [3.63, 3.8) is 0 Å². The smallest absolute Gasteiger partial charge is 0.178 e. The highest BCUT2D eigenvalue weighted by Crippen LogP contribution is 2.11. The molecular formula is C12H18N2O2. The molecule has 1 aromatic rings. The summed E-state index contributed by atoms with van der Waals surface area (Å²) in [6.45, 7) is 5.74. The van der Waals surface area contributed by atoms with E-state index in [1.165, 1.54) is 0 Å². The lowest BCUT2D eigenvalue weighted by atomic mass is 10.2. The Balaban J connectivity index is 2.57. The van der Waals surface area contributed by atoms with Crippen LogP contribution in [0, 0.1) is 0 Å². The molecule has 0 bridgehead atoms. The fraction of sp³-hybridized carbons (Fsp3) is 0.500. The Morgan fingerprint density at radius 1 is 1.44 bits per heavy atom. The first kappa shape index (κ1) is 12.6. The molecule has 0 aliphatic carbocycles. The Bertz CT molecular complexity index is 340. The largest absolute Gasteiger partial charge is 0.492 e. The molecule has 4 heteroatoms. The lowest BCUT2D eigenvalue weighted by Crippen LogP contribution is -2.23. The molecule has 88 valence electrons. The molecule has 0 aromatic carbocycles. The summed E-state index contributed by atoms with van der Waals surface area (Å²) in [5.74, 6) is 0.686. The minimum absolute atomic E-state index is 0.0440. The van der Waals surface area contributed by atoms with Crippen molar-refractivity contribution in [2.75, 3.05) is 19.7 Å². The van der Waals surface area contributed by atoms with Crippen molar-refractivity contribution in [1.29, 1.82) is 0 Å². The molecule has 0 spiro atoms. The minimum atomic E-state index is 0.0440. The van der Waals surface area contributed by atoms with E-state index in [2.05, 4.69) is 17.2 Å². The Morgan fingerprint density at radius 2 is 2.25 bits per heavy atom. The van der Waals surface area contributed by atoms with Gasteiger partial charge in [0.2, 0.25) is 0 Å². The van der Waals surface area contributed by atoms with Crippen LogP contribution >= 0.6 is 0 Å². The number of Topliss-reactive ketones (excluding diaryl/α,β-unsaturated/α-hetero) is 1. The maximum atomic E-state index is 11.7. The molecule has 0 saturated heterocycles. The summed E-state index contributed by atoms with van der Waals surface area (Å²) in [5.41, 5.74) is 0.592. The second-order valence-corrected chi connectivity index (χ2v) is 3.44. The molecule has 1 N–H and O–H groups in total. The van der Waals surface area contributed by atoms with Crippen molar-refractivity contribution in [1.82, 2.24) is 10.3 Å². The van der Waals surface area contributed by atoms with Gasteiger partial charge in [-0.3, -0.25) is 9.78 Å². The SMILES string of the molecule is CCCNCC(=O)c1cncc(OCC)c1. The van der Waals surface area contributed by atoms with E-state index >= 15 is 0 Å². The summed E-state index contributed by atoms with van der Waals surface area (Å²) >= 11 is 0. The van der Waals surface area contributed by atoms with Gasteiger partial charge in [0, 0.05) is 11.8 Å². The summed E-state index contributed by atoms with van der Waals surface area (Å²) in [6.07, 6.45) is 4.20. The number of aromatic nitrogens is 1. The first-order valence-electron chi connectivity index (χ1n) is 5.59. The van der Waals surface area contributed by atoms with Crippen molar-refractivity contribution in [3.8, 4) is 5.75 Å². The monoisotopic (exact) mass is 222 g/mol. The van der Waals surface area contributed by atoms with Gasteiger partial charge in [-0.1, -0.05) is 6.92 Å². The van der Waals surface area contributed by atoms with Gasteiger partial charge < -0.3 is 10.1 Å². The molecule has 0 unspecified atom stereocenters. The van der Waals surface area contributed by atoms with Gasteiger partial charge in [0.25, 0.3) is 0 Å². The highest BCUT2D eigenvalue weighted by atomic mass is 16.5. The third-order valence-corrected chi connectivity index (χ3v) is 2.06. The highest BCUT2D eigenvalue weighted by molar-refractivity contribution is 5.97. The van der Waals surface area contributed by atoms with Crippen molar-refractivity contribution < 1.29 is 9.53 Å². The molecule has 0 aliphatic heterocycles. The maximum absolute atomic E-state index is 11.7. The van der Waals surface area contributed by atoms with Crippen molar-refractivity contribution >= 4 is 5.78 Å². The Labute approximate surface area is 96.0 Å². The molecule has 0 atom stereocenters. The molecule has 0 radical (unpaired) electrons. The predicted molar refractivity (Wildman–Crippen MR) is 62.9 cm³/mol. The van der Waals surface area contributed by atoms with Crippen LogP contribution in [0.2, 0.25) is 0 Å². The number of carbonyl (C=O) groups is 1. The first-order valence-corrected chi connectivity index (χ1v) is 5.59. The van der Waals surface area contributed by atoms with Gasteiger partial charge in [0.05, 0.1) is 19.3 Å². The third-order valence-electron chi connectivity index (χ3n) is 2.06. The van der Waals surface area contributed by atoms with Gasteiger partial charge in [0.15, 0.2) is 5.78 Å². The molecule has 4 nitrogen and oxygen atoms in total. The van der Waals surface area contributed by atoms with E-state index in [4.69, 9.17) is 4.74 Å². The van der Waals surface area contributed by atoms with Gasteiger partial charge >= 0.3 is 0 Å². The van der Waals surface area contributed by atoms with Crippen molar-refractivity contribution in [3.05, 3.63) is 24.0 Å². The molecule has 0 aliphatic rings. The molecule has 1 aromatic heterocycles. The molecule has 0 amide bonds. The Morgan fingerprint density at radius 3 is 2.94 bits per heavy atom. The van der Waals surface area contributed by atoms with E-state index < -0.39 is 0 Å². The van der Waals surface area contributed by atoms with Crippen LogP contribution in [0.1, 0.15) is 30.6 Å². The number of rotatable bonds is 7. The van der Waals surface area contributed by atoms with E-state index in [0.29, 0.717) is 24.5 Å². The first-order chi connectivity index (χ1) is 7.77. The van der Waals surface area contributed by atoms with Gasteiger partial charge in [-0.2, -0.15) is 0 Å². The standard InChI is InChI=1S/C12H18N2O2/c1-3-5-13-9-12(15)10-6-11(16-4-2)8-14-7-10/h6-8,13H,3-5,9H2,1-2H3. The van der Waals surface area contributed by atoms with E-state index in [-0.39, 0.29) is 5.78 Å². The van der Waals surface area contributed by atoms with Gasteiger partial charge in [-0.25, -0.2) is 0 Å². The van der Waals surface area contributed by atoms with Crippen LogP contribution in [0.3, 0.4) is 0 Å². The maximum Gasteiger partial charge on any atom is 0.178 e. The van der Waals surface area contributed by atoms with Crippen LogP contribution in [-0.2, 0) is 0 Å². The molecule has 0 saturated carbocycles. The molecule has 0 fully saturated rings. The van der Waals surface area contributed by atoms with Crippen LogP contribution in [0.5, 0.6) is 5.75 Å². The molecular weight excluding hydrogens is 204 g/mol. The van der Waals surface area contributed by atoms with E-state index in [1.54, 1.807) is 18.5 Å². The number of hydrogen-bond donors (Lipinski definition) is 1. The zero-order valence-electron chi connectivity index (χ0n) is 9.82. The number of ether oxygens (including phenoxy) is 1. The fourth-order valence-electron chi connectivity index (χ4n) is 1.30. The number of hydrogen-bond acceptors (Lipinski definition) is 4. The van der Waals surface area contributed by atoms with Crippen molar-refractivity contribution in [2.45, 2.75) is 20.3 Å². The minimum Gasteiger partial charge on any atom is -0.492 e. The number of nitrogens with zero attached hydrogens (tertiary/aromatic N) is 1. The van der Waals surface area contributed by atoms with Crippen molar-refractivity contribution in [2.24, 2.45) is 0 Å².